The predicted octanol–water partition coefficient (Wildman–Crippen LogP) is 3.26. The number of hydrogen-bond acceptors (Lipinski definition) is 6. The van der Waals surface area contributed by atoms with Crippen LogP contribution in [-0.4, -0.2) is 71.7 Å². The fourth-order valence-corrected chi connectivity index (χ4v) is 4.07. The summed E-state index contributed by atoms with van der Waals surface area (Å²) in [6.07, 6.45) is 0.930. The standard InChI is InChI=1S/C24H31N5O2/c1-4-28-12-14-29(15-13-28)11-5-10-25-23(30)20-16-21(19-8-6-17(2)7-9-19)26-24-22(20)18(3)27-31-24/h6-9,16H,4-5,10-15H2,1-3H3,(H,25,30). The van der Waals surface area contributed by atoms with Crippen molar-refractivity contribution in [1.29, 1.82) is 0 Å². The van der Waals surface area contributed by atoms with E-state index < -0.39 is 0 Å². The van der Waals surface area contributed by atoms with E-state index in [1.54, 1.807) is 0 Å². The van der Waals surface area contributed by atoms with Crippen LogP contribution in [-0.2, 0) is 0 Å². The largest absolute Gasteiger partial charge is 0.352 e. The zero-order valence-electron chi connectivity index (χ0n) is 18.6. The highest BCUT2D eigenvalue weighted by Gasteiger charge is 2.20. The van der Waals surface area contributed by atoms with E-state index in [1.807, 2.05) is 44.2 Å². The molecule has 1 aliphatic heterocycles. The van der Waals surface area contributed by atoms with Gasteiger partial charge in [0, 0.05) is 38.3 Å². The molecular formula is C24H31N5O2. The highest BCUT2D eigenvalue weighted by atomic mass is 16.5. The Bertz CT molecular complexity index is 1040. The number of carbonyl (C=O) groups excluding carboxylic acids is 1. The molecule has 1 N–H and O–H groups in total. The van der Waals surface area contributed by atoms with Gasteiger partial charge in [-0.2, -0.15) is 0 Å². The van der Waals surface area contributed by atoms with Crippen LogP contribution in [0.25, 0.3) is 22.4 Å². The van der Waals surface area contributed by atoms with Crippen LogP contribution in [0, 0.1) is 13.8 Å². The van der Waals surface area contributed by atoms with Gasteiger partial charge in [0.25, 0.3) is 11.6 Å². The summed E-state index contributed by atoms with van der Waals surface area (Å²) in [6, 6.07) is 9.93. The Morgan fingerprint density at radius 2 is 1.81 bits per heavy atom. The van der Waals surface area contributed by atoms with Crippen LogP contribution < -0.4 is 5.32 Å². The lowest BCUT2D eigenvalue weighted by molar-refractivity contribution is 0.0949. The number of benzene rings is 1. The molecular weight excluding hydrogens is 390 g/mol. The number of nitrogens with zero attached hydrogens (tertiary/aromatic N) is 4. The molecule has 0 saturated carbocycles. The number of fused-ring (bicyclic) bond motifs is 1. The van der Waals surface area contributed by atoms with Gasteiger partial charge in [-0.3, -0.25) is 4.79 Å². The van der Waals surface area contributed by atoms with Crippen molar-refractivity contribution in [2.45, 2.75) is 27.2 Å². The van der Waals surface area contributed by atoms with Crippen LogP contribution in [0.3, 0.4) is 0 Å². The molecule has 0 bridgehead atoms. The van der Waals surface area contributed by atoms with Gasteiger partial charge in [0.05, 0.1) is 22.3 Å². The highest BCUT2D eigenvalue weighted by molar-refractivity contribution is 6.06. The minimum atomic E-state index is -0.108. The summed E-state index contributed by atoms with van der Waals surface area (Å²) < 4.78 is 5.40. The maximum Gasteiger partial charge on any atom is 0.259 e. The molecule has 0 unspecified atom stereocenters. The average molecular weight is 422 g/mol. The number of carbonyl (C=O) groups is 1. The maximum atomic E-state index is 13.1. The van der Waals surface area contributed by atoms with Crippen molar-refractivity contribution in [3.63, 3.8) is 0 Å². The van der Waals surface area contributed by atoms with Gasteiger partial charge in [-0.05, 0) is 39.4 Å². The molecule has 4 rings (SSSR count). The third kappa shape index (κ3) is 4.94. The van der Waals surface area contributed by atoms with E-state index in [-0.39, 0.29) is 5.91 Å². The first-order valence-corrected chi connectivity index (χ1v) is 11.1. The van der Waals surface area contributed by atoms with Crippen LogP contribution in [0.5, 0.6) is 0 Å². The lowest BCUT2D eigenvalue weighted by Crippen LogP contribution is -2.46. The summed E-state index contributed by atoms with van der Waals surface area (Å²) in [5.41, 5.74) is 4.47. The Morgan fingerprint density at radius 3 is 2.52 bits per heavy atom. The molecule has 0 atom stereocenters. The molecule has 0 radical (unpaired) electrons. The molecule has 164 valence electrons. The molecule has 1 aliphatic rings. The van der Waals surface area contributed by atoms with Gasteiger partial charge >= 0.3 is 0 Å². The number of nitrogens with one attached hydrogen (secondary N) is 1. The predicted molar refractivity (Wildman–Crippen MR) is 122 cm³/mol. The smallest absolute Gasteiger partial charge is 0.259 e. The van der Waals surface area contributed by atoms with E-state index >= 15 is 0 Å². The van der Waals surface area contributed by atoms with Gasteiger partial charge in [0.1, 0.15) is 0 Å². The first-order chi connectivity index (χ1) is 15.0. The fraction of sp³-hybridized carbons (Fsp3) is 0.458. The molecule has 1 saturated heterocycles. The first kappa shape index (κ1) is 21.5. The van der Waals surface area contributed by atoms with E-state index in [4.69, 9.17) is 4.52 Å². The summed E-state index contributed by atoms with van der Waals surface area (Å²) in [7, 11) is 0. The van der Waals surface area contributed by atoms with Crippen molar-refractivity contribution in [2.24, 2.45) is 0 Å². The minimum absolute atomic E-state index is 0.108. The van der Waals surface area contributed by atoms with Crippen molar-refractivity contribution in [1.82, 2.24) is 25.3 Å². The van der Waals surface area contributed by atoms with Gasteiger partial charge in [-0.1, -0.05) is 41.9 Å². The molecule has 3 aromatic rings. The molecule has 1 aromatic carbocycles. The van der Waals surface area contributed by atoms with Gasteiger partial charge < -0.3 is 19.6 Å². The summed E-state index contributed by atoms with van der Waals surface area (Å²) in [4.78, 5) is 22.6. The number of hydrogen-bond donors (Lipinski definition) is 1. The highest BCUT2D eigenvalue weighted by Crippen LogP contribution is 2.27. The summed E-state index contributed by atoms with van der Waals surface area (Å²) in [5.74, 6) is -0.108. The van der Waals surface area contributed by atoms with E-state index in [0.717, 1.165) is 51.3 Å². The monoisotopic (exact) mass is 421 g/mol. The third-order valence-electron chi connectivity index (χ3n) is 6.06. The van der Waals surface area contributed by atoms with Gasteiger partial charge in [0.15, 0.2) is 0 Å². The van der Waals surface area contributed by atoms with Gasteiger partial charge in [-0.25, -0.2) is 4.98 Å². The van der Waals surface area contributed by atoms with E-state index in [0.29, 0.717) is 34.6 Å². The molecule has 3 heterocycles. The zero-order valence-corrected chi connectivity index (χ0v) is 18.6. The normalized spacial score (nSPS) is 15.5. The van der Waals surface area contributed by atoms with Crippen molar-refractivity contribution >= 4 is 17.0 Å². The van der Waals surface area contributed by atoms with E-state index in [9.17, 15) is 4.79 Å². The summed E-state index contributed by atoms with van der Waals surface area (Å²) in [5, 5.41) is 7.80. The van der Waals surface area contributed by atoms with Crippen molar-refractivity contribution in [3.05, 3.63) is 47.2 Å². The zero-order chi connectivity index (χ0) is 21.8. The number of aromatic nitrogens is 2. The van der Waals surface area contributed by atoms with Crippen LogP contribution in [0.15, 0.2) is 34.9 Å². The SMILES string of the molecule is CCN1CCN(CCCNC(=O)c2cc(-c3ccc(C)cc3)nc3onc(C)c23)CC1. The quantitative estimate of drug-likeness (QED) is 0.590. The van der Waals surface area contributed by atoms with Gasteiger partial charge in [0.2, 0.25) is 0 Å². The van der Waals surface area contributed by atoms with Crippen LogP contribution >= 0.6 is 0 Å². The fourth-order valence-electron chi connectivity index (χ4n) is 4.07. The topological polar surface area (TPSA) is 74.5 Å². The Kier molecular flexibility index (Phi) is 6.63. The summed E-state index contributed by atoms with van der Waals surface area (Å²) in [6.45, 7) is 13.3. The van der Waals surface area contributed by atoms with Crippen molar-refractivity contribution < 1.29 is 9.32 Å². The third-order valence-corrected chi connectivity index (χ3v) is 6.06. The maximum absolute atomic E-state index is 13.1. The molecule has 7 nitrogen and oxygen atoms in total. The molecule has 1 fully saturated rings. The van der Waals surface area contributed by atoms with Crippen LogP contribution in [0.2, 0.25) is 0 Å². The van der Waals surface area contributed by atoms with Crippen LogP contribution in [0.1, 0.15) is 35.0 Å². The first-order valence-electron chi connectivity index (χ1n) is 11.1. The Balaban J connectivity index is 1.43. The molecule has 2 aromatic heterocycles. The number of pyridine rings is 1. The number of piperazine rings is 1. The molecule has 1 amide bonds. The molecule has 0 spiro atoms. The molecule has 31 heavy (non-hydrogen) atoms. The summed E-state index contributed by atoms with van der Waals surface area (Å²) >= 11 is 0. The second kappa shape index (κ2) is 9.58. The van der Waals surface area contributed by atoms with Crippen molar-refractivity contribution in [3.8, 4) is 11.3 Å². The van der Waals surface area contributed by atoms with E-state index in [2.05, 4.69) is 32.2 Å². The lowest BCUT2D eigenvalue weighted by atomic mass is 10.0. The average Bonchev–Trinajstić information content (AvgIpc) is 3.17. The Morgan fingerprint density at radius 1 is 1.10 bits per heavy atom. The molecule has 0 aliphatic carbocycles. The second-order valence-electron chi connectivity index (χ2n) is 8.25. The lowest BCUT2D eigenvalue weighted by Gasteiger charge is -2.33. The Labute approximate surface area is 183 Å². The minimum Gasteiger partial charge on any atom is -0.352 e. The number of aryl methyl sites for hydroxylation is 2. The van der Waals surface area contributed by atoms with E-state index in [1.165, 1.54) is 5.56 Å². The number of amides is 1. The van der Waals surface area contributed by atoms with Crippen molar-refractivity contribution in [2.75, 3.05) is 45.8 Å². The number of likely N-dealkylation sites (N-methyl/N-ethyl adjacent to an activating group) is 1. The van der Waals surface area contributed by atoms with Gasteiger partial charge in [-0.15, -0.1) is 0 Å². The molecule has 7 heteroatoms. The Hall–Kier alpha value is -2.77. The second-order valence-corrected chi connectivity index (χ2v) is 8.25. The van der Waals surface area contributed by atoms with Crippen LogP contribution in [0.4, 0.5) is 0 Å². The number of rotatable bonds is 7.